The molecule has 1 aromatic carbocycles. The van der Waals surface area contributed by atoms with Gasteiger partial charge in [-0.3, -0.25) is 4.79 Å². The van der Waals surface area contributed by atoms with Crippen molar-refractivity contribution in [3.05, 3.63) is 28.8 Å². The van der Waals surface area contributed by atoms with Gasteiger partial charge in [0, 0.05) is 0 Å². The quantitative estimate of drug-likeness (QED) is 0.706. The first-order valence-electron chi connectivity index (χ1n) is 6.86. The summed E-state index contributed by atoms with van der Waals surface area (Å²) in [4.78, 5) is 11.5. The van der Waals surface area contributed by atoms with Crippen molar-refractivity contribution >= 4 is 17.6 Å². The van der Waals surface area contributed by atoms with E-state index < -0.39 is 0 Å². The van der Waals surface area contributed by atoms with E-state index >= 15 is 0 Å². The van der Waals surface area contributed by atoms with Crippen LogP contribution in [-0.4, -0.2) is 19.7 Å². The highest BCUT2D eigenvalue weighted by Crippen LogP contribution is 2.30. The third-order valence-electron chi connectivity index (χ3n) is 3.23. The Morgan fingerprint density at radius 1 is 1.35 bits per heavy atom. The molecule has 1 rings (SSSR count). The Labute approximate surface area is 126 Å². The molecule has 1 aromatic rings. The van der Waals surface area contributed by atoms with Crippen LogP contribution < -0.4 is 4.74 Å². The number of benzene rings is 1. The second-order valence-electron chi connectivity index (χ2n) is 5.61. The fourth-order valence-corrected chi connectivity index (χ4v) is 2.32. The highest BCUT2D eigenvalue weighted by molar-refractivity contribution is 6.32. The fourth-order valence-electron chi connectivity index (χ4n) is 2.04. The maximum absolute atomic E-state index is 11.5. The molecular formula is C16H23ClO3. The van der Waals surface area contributed by atoms with Crippen molar-refractivity contribution in [2.75, 3.05) is 13.7 Å². The molecular weight excluding hydrogens is 276 g/mol. The molecule has 20 heavy (non-hydrogen) atoms. The molecule has 0 saturated carbocycles. The van der Waals surface area contributed by atoms with Crippen molar-refractivity contribution in [1.82, 2.24) is 0 Å². The average molecular weight is 299 g/mol. The van der Waals surface area contributed by atoms with Crippen molar-refractivity contribution in [2.45, 2.75) is 40.0 Å². The molecule has 0 amide bonds. The Bertz CT molecular complexity index is 455. The van der Waals surface area contributed by atoms with E-state index in [1.807, 2.05) is 25.1 Å². The lowest BCUT2D eigenvalue weighted by Crippen LogP contribution is -2.19. The summed E-state index contributed by atoms with van der Waals surface area (Å²) in [7, 11) is 1.60. The van der Waals surface area contributed by atoms with Crippen LogP contribution in [0.1, 0.15) is 39.2 Å². The zero-order valence-electron chi connectivity index (χ0n) is 12.7. The molecule has 4 heteroatoms. The van der Waals surface area contributed by atoms with E-state index in [1.54, 1.807) is 7.11 Å². The monoisotopic (exact) mass is 298 g/mol. The third-order valence-corrected chi connectivity index (χ3v) is 3.53. The standard InChI is InChI=1S/C16H23ClO3/c1-5-20-15(18)11-16(2,3)9-8-12-6-7-14(19-4)13(17)10-12/h6-7,10H,5,8-9,11H2,1-4H3. The molecule has 0 spiro atoms. The van der Waals surface area contributed by atoms with Crippen LogP contribution in [0.5, 0.6) is 5.75 Å². The van der Waals surface area contributed by atoms with Crippen molar-refractivity contribution in [2.24, 2.45) is 5.41 Å². The van der Waals surface area contributed by atoms with E-state index in [0.717, 1.165) is 18.4 Å². The third kappa shape index (κ3) is 5.41. The van der Waals surface area contributed by atoms with E-state index in [4.69, 9.17) is 21.1 Å². The molecule has 3 nitrogen and oxygen atoms in total. The normalized spacial score (nSPS) is 11.2. The van der Waals surface area contributed by atoms with Crippen LogP contribution in [0.4, 0.5) is 0 Å². The van der Waals surface area contributed by atoms with E-state index in [1.165, 1.54) is 0 Å². The van der Waals surface area contributed by atoms with Gasteiger partial charge in [0.2, 0.25) is 0 Å². The van der Waals surface area contributed by atoms with E-state index in [9.17, 15) is 4.79 Å². The second-order valence-corrected chi connectivity index (χ2v) is 6.02. The minimum absolute atomic E-state index is 0.0847. The Morgan fingerprint density at radius 3 is 2.60 bits per heavy atom. The van der Waals surface area contributed by atoms with Crippen LogP contribution in [0.25, 0.3) is 0 Å². The molecule has 0 aliphatic rings. The summed E-state index contributed by atoms with van der Waals surface area (Å²) >= 11 is 6.11. The van der Waals surface area contributed by atoms with Crippen LogP contribution in [0, 0.1) is 5.41 Å². The Balaban J connectivity index is 2.57. The maximum Gasteiger partial charge on any atom is 0.306 e. The summed E-state index contributed by atoms with van der Waals surface area (Å²) in [6.07, 6.45) is 2.20. The molecule has 0 aromatic heterocycles. The molecule has 0 radical (unpaired) electrons. The summed E-state index contributed by atoms with van der Waals surface area (Å²) < 4.78 is 10.1. The summed E-state index contributed by atoms with van der Waals surface area (Å²) in [5, 5.41) is 0.619. The molecule has 112 valence electrons. The number of methoxy groups -OCH3 is 1. The molecule has 0 aliphatic heterocycles. The topological polar surface area (TPSA) is 35.5 Å². The van der Waals surface area contributed by atoms with Crippen LogP contribution in [0.2, 0.25) is 5.02 Å². The van der Waals surface area contributed by atoms with Gasteiger partial charge in [-0.2, -0.15) is 0 Å². The maximum atomic E-state index is 11.5. The van der Waals surface area contributed by atoms with Crippen molar-refractivity contribution < 1.29 is 14.3 Å². The minimum Gasteiger partial charge on any atom is -0.495 e. The molecule has 0 bridgehead atoms. The number of esters is 1. The highest BCUT2D eigenvalue weighted by atomic mass is 35.5. The van der Waals surface area contributed by atoms with Gasteiger partial charge in [-0.25, -0.2) is 0 Å². The first kappa shape index (κ1) is 16.8. The smallest absolute Gasteiger partial charge is 0.306 e. The largest absolute Gasteiger partial charge is 0.495 e. The van der Waals surface area contributed by atoms with Gasteiger partial charge in [0.15, 0.2) is 0 Å². The number of halogens is 1. The highest BCUT2D eigenvalue weighted by Gasteiger charge is 2.22. The van der Waals surface area contributed by atoms with Crippen molar-refractivity contribution in [3.8, 4) is 5.75 Å². The number of hydrogen-bond acceptors (Lipinski definition) is 3. The SMILES string of the molecule is CCOC(=O)CC(C)(C)CCc1ccc(OC)c(Cl)c1. The molecule has 0 unspecified atom stereocenters. The van der Waals surface area contributed by atoms with E-state index in [2.05, 4.69) is 13.8 Å². The number of rotatable bonds is 7. The number of carbonyl (C=O) groups is 1. The molecule has 0 N–H and O–H groups in total. The van der Waals surface area contributed by atoms with Gasteiger partial charge in [-0.15, -0.1) is 0 Å². The van der Waals surface area contributed by atoms with E-state index in [-0.39, 0.29) is 11.4 Å². The van der Waals surface area contributed by atoms with Crippen molar-refractivity contribution in [1.29, 1.82) is 0 Å². The van der Waals surface area contributed by atoms with E-state index in [0.29, 0.717) is 23.8 Å². The van der Waals surface area contributed by atoms with Gasteiger partial charge in [-0.05, 0) is 42.9 Å². The van der Waals surface area contributed by atoms with Gasteiger partial charge < -0.3 is 9.47 Å². The van der Waals surface area contributed by atoms with Gasteiger partial charge in [0.05, 0.1) is 25.2 Å². The first-order chi connectivity index (χ1) is 9.38. The molecule has 0 saturated heterocycles. The Morgan fingerprint density at radius 2 is 2.05 bits per heavy atom. The van der Waals surface area contributed by atoms with Crippen LogP contribution in [0.15, 0.2) is 18.2 Å². The van der Waals surface area contributed by atoms with Crippen LogP contribution in [0.3, 0.4) is 0 Å². The summed E-state index contributed by atoms with van der Waals surface area (Å²) in [5.74, 6) is 0.548. The lowest BCUT2D eigenvalue weighted by Gasteiger charge is -2.23. The van der Waals surface area contributed by atoms with Gasteiger partial charge in [0.25, 0.3) is 0 Å². The zero-order chi connectivity index (χ0) is 15.2. The Kier molecular flexibility index (Phi) is 6.34. The molecule has 0 heterocycles. The van der Waals surface area contributed by atoms with Gasteiger partial charge >= 0.3 is 5.97 Å². The number of hydrogen-bond donors (Lipinski definition) is 0. The minimum atomic E-state index is -0.134. The first-order valence-corrected chi connectivity index (χ1v) is 7.24. The predicted molar refractivity (Wildman–Crippen MR) is 81.4 cm³/mol. The average Bonchev–Trinajstić information content (AvgIpc) is 2.36. The van der Waals surface area contributed by atoms with Crippen molar-refractivity contribution in [3.63, 3.8) is 0 Å². The molecule has 0 fully saturated rings. The summed E-state index contributed by atoms with van der Waals surface area (Å²) in [5.41, 5.74) is 1.06. The lowest BCUT2D eigenvalue weighted by atomic mass is 9.83. The predicted octanol–water partition coefficient (Wildman–Crippen LogP) is 4.26. The lowest BCUT2D eigenvalue weighted by molar-refractivity contribution is -0.145. The molecule has 0 atom stereocenters. The van der Waals surface area contributed by atoms with Gasteiger partial charge in [-0.1, -0.05) is 31.5 Å². The fraction of sp³-hybridized carbons (Fsp3) is 0.562. The zero-order valence-corrected chi connectivity index (χ0v) is 13.4. The number of ether oxygens (including phenoxy) is 2. The summed E-state index contributed by atoms with van der Waals surface area (Å²) in [6, 6.07) is 5.79. The second kappa shape index (κ2) is 7.53. The Hall–Kier alpha value is -1.22. The summed E-state index contributed by atoms with van der Waals surface area (Å²) in [6.45, 7) is 6.41. The molecule has 0 aliphatic carbocycles. The van der Waals surface area contributed by atoms with Gasteiger partial charge in [0.1, 0.15) is 5.75 Å². The number of aryl methyl sites for hydroxylation is 1. The van der Waals surface area contributed by atoms with Crippen LogP contribution in [-0.2, 0) is 16.0 Å². The number of carbonyl (C=O) groups excluding carboxylic acids is 1. The van der Waals surface area contributed by atoms with Crippen LogP contribution >= 0.6 is 11.6 Å².